The average molecular weight is 284 g/mol. The Morgan fingerprint density at radius 2 is 2.17 bits per heavy atom. The Morgan fingerprint density at radius 3 is 2.89 bits per heavy atom. The largest absolute Gasteiger partial charge is 0.361 e. The van der Waals surface area contributed by atoms with E-state index in [1.165, 1.54) is 6.04 Å². The molecular weight excluding hydrogens is 266 g/mol. The molecule has 4 nitrogen and oxygen atoms in total. The van der Waals surface area contributed by atoms with E-state index >= 15 is 0 Å². The highest BCUT2D eigenvalue weighted by atomic mass is 35.5. The second kappa shape index (κ2) is 5.38. The van der Waals surface area contributed by atoms with Crippen LogP contribution in [0.2, 0.25) is 30.8 Å². The van der Waals surface area contributed by atoms with Crippen LogP contribution in [0.25, 0.3) is 11.2 Å². The lowest BCUT2D eigenvalue weighted by atomic mass is 10.5. The van der Waals surface area contributed by atoms with Crippen LogP contribution >= 0.6 is 11.6 Å². The van der Waals surface area contributed by atoms with Gasteiger partial charge in [0, 0.05) is 20.9 Å². The maximum atomic E-state index is 5.80. The molecule has 0 bridgehead atoms. The minimum absolute atomic E-state index is 0.417. The molecule has 0 unspecified atom stereocenters. The van der Waals surface area contributed by atoms with Crippen LogP contribution < -0.4 is 0 Å². The molecule has 0 fully saturated rings. The molecule has 98 valence electrons. The maximum absolute atomic E-state index is 5.80. The Morgan fingerprint density at radius 1 is 1.39 bits per heavy atom. The molecule has 2 aromatic heterocycles. The zero-order chi connectivity index (χ0) is 13.2. The van der Waals surface area contributed by atoms with Crippen molar-refractivity contribution < 1.29 is 4.74 Å². The third-order valence-corrected chi connectivity index (χ3v) is 4.55. The second-order valence-electron chi connectivity index (χ2n) is 5.54. The topological polar surface area (TPSA) is 39.9 Å². The molecule has 0 radical (unpaired) electrons. The minimum Gasteiger partial charge on any atom is -0.361 e. The summed E-state index contributed by atoms with van der Waals surface area (Å²) in [6.45, 7) is 8.35. The van der Waals surface area contributed by atoms with Crippen molar-refractivity contribution in [2.75, 3.05) is 6.61 Å². The summed E-state index contributed by atoms with van der Waals surface area (Å²) < 4.78 is 7.64. The quantitative estimate of drug-likeness (QED) is 0.624. The molecular formula is C12H18ClN3OSi. The van der Waals surface area contributed by atoms with Gasteiger partial charge < -0.3 is 9.30 Å². The van der Waals surface area contributed by atoms with Crippen LogP contribution in [0.3, 0.4) is 0 Å². The summed E-state index contributed by atoms with van der Waals surface area (Å²) in [6, 6.07) is 3.07. The van der Waals surface area contributed by atoms with Gasteiger partial charge in [-0.05, 0) is 12.1 Å². The monoisotopic (exact) mass is 283 g/mol. The third kappa shape index (κ3) is 3.54. The molecule has 0 aliphatic carbocycles. The first-order valence-electron chi connectivity index (χ1n) is 6.01. The van der Waals surface area contributed by atoms with E-state index in [-0.39, 0.29) is 0 Å². The Balaban J connectivity index is 1.96. The van der Waals surface area contributed by atoms with Crippen molar-refractivity contribution in [2.24, 2.45) is 0 Å². The van der Waals surface area contributed by atoms with Crippen molar-refractivity contribution in [1.29, 1.82) is 0 Å². The van der Waals surface area contributed by atoms with Crippen LogP contribution in [-0.4, -0.2) is 29.2 Å². The van der Waals surface area contributed by atoms with Crippen LogP contribution in [0.15, 0.2) is 18.5 Å². The van der Waals surface area contributed by atoms with Crippen LogP contribution in [0, 0.1) is 0 Å². The molecule has 0 saturated heterocycles. The highest BCUT2D eigenvalue weighted by Crippen LogP contribution is 2.14. The molecule has 0 spiro atoms. The molecule has 0 saturated carbocycles. The lowest BCUT2D eigenvalue weighted by Crippen LogP contribution is -2.22. The number of ether oxygens (including phenoxy) is 1. The summed E-state index contributed by atoms with van der Waals surface area (Å²) in [5.41, 5.74) is 1.61. The van der Waals surface area contributed by atoms with Gasteiger partial charge in [-0.2, -0.15) is 0 Å². The van der Waals surface area contributed by atoms with Crippen molar-refractivity contribution >= 4 is 30.8 Å². The lowest BCUT2D eigenvalue weighted by molar-refractivity contribution is 0.0899. The van der Waals surface area contributed by atoms with E-state index in [0.29, 0.717) is 11.9 Å². The van der Waals surface area contributed by atoms with Crippen LogP contribution in [0.5, 0.6) is 0 Å². The van der Waals surface area contributed by atoms with Crippen molar-refractivity contribution in [2.45, 2.75) is 32.4 Å². The molecule has 18 heavy (non-hydrogen) atoms. The molecule has 2 aromatic rings. The number of aromatic nitrogens is 3. The summed E-state index contributed by atoms with van der Waals surface area (Å²) in [7, 11) is -1.02. The van der Waals surface area contributed by atoms with Gasteiger partial charge in [0.05, 0.1) is 6.20 Å². The molecule has 0 N–H and O–H groups in total. The maximum Gasteiger partial charge on any atom is 0.160 e. The smallest absolute Gasteiger partial charge is 0.160 e. The molecule has 0 amide bonds. The van der Waals surface area contributed by atoms with Crippen LogP contribution in [0.4, 0.5) is 0 Å². The van der Waals surface area contributed by atoms with E-state index < -0.39 is 8.07 Å². The van der Waals surface area contributed by atoms with E-state index in [2.05, 4.69) is 29.6 Å². The van der Waals surface area contributed by atoms with E-state index in [4.69, 9.17) is 16.3 Å². The number of hydrogen-bond donors (Lipinski definition) is 0. The molecule has 0 aliphatic rings. The molecule has 2 rings (SSSR count). The first-order valence-corrected chi connectivity index (χ1v) is 10.1. The zero-order valence-electron chi connectivity index (χ0n) is 11.0. The van der Waals surface area contributed by atoms with E-state index in [1.54, 1.807) is 6.20 Å². The van der Waals surface area contributed by atoms with Gasteiger partial charge in [-0.15, -0.1) is 0 Å². The Labute approximate surface area is 113 Å². The Kier molecular flexibility index (Phi) is 4.04. The summed E-state index contributed by atoms with van der Waals surface area (Å²) in [5, 5.41) is 0.417. The first kappa shape index (κ1) is 13.5. The number of nitrogens with zero attached hydrogens (tertiary/aromatic N) is 3. The van der Waals surface area contributed by atoms with Crippen molar-refractivity contribution in [3.63, 3.8) is 0 Å². The van der Waals surface area contributed by atoms with Crippen molar-refractivity contribution in [1.82, 2.24) is 14.5 Å². The number of hydrogen-bond acceptors (Lipinski definition) is 3. The van der Waals surface area contributed by atoms with Gasteiger partial charge in [-0.3, -0.25) is 0 Å². The fourth-order valence-corrected chi connectivity index (χ4v) is 2.48. The fourth-order valence-electron chi connectivity index (χ4n) is 1.58. The number of rotatable bonds is 5. The van der Waals surface area contributed by atoms with Gasteiger partial charge in [-0.25, -0.2) is 9.97 Å². The standard InChI is InChI=1S/C12H18ClN3OSi/c1-18(2,3)7-6-17-9-16-5-4-10-12(16)14-8-11(13)15-10/h4-5,8H,6-7,9H2,1-3H3. The highest BCUT2D eigenvalue weighted by molar-refractivity contribution is 6.76. The molecule has 0 aromatic carbocycles. The SMILES string of the molecule is C[Si](C)(C)CCOCn1ccc2nc(Cl)cnc21. The van der Waals surface area contributed by atoms with Gasteiger partial charge in [0.1, 0.15) is 17.4 Å². The normalized spacial score (nSPS) is 12.2. The third-order valence-electron chi connectivity index (χ3n) is 2.66. The molecule has 6 heteroatoms. The number of fused-ring (bicyclic) bond motifs is 1. The predicted octanol–water partition coefficient (Wildman–Crippen LogP) is 3.40. The van der Waals surface area contributed by atoms with Gasteiger partial charge >= 0.3 is 0 Å². The fraction of sp³-hybridized carbons (Fsp3) is 0.500. The van der Waals surface area contributed by atoms with Crippen molar-refractivity contribution in [3.05, 3.63) is 23.6 Å². The molecule has 0 aliphatic heterocycles. The zero-order valence-corrected chi connectivity index (χ0v) is 12.7. The van der Waals surface area contributed by atoms with Crippen LogP contribution in [0.1, 0.15) is 0 Å². The summed E-state index contributed by atoms with van der Waals surface area (Å²) in [4.78, 5) is 8.46. The Bertz CT molecular complexity index is 536. The van der Waals surface area contributed by atoms with Gasteiger partial charge in [0.25, 0.3) is 0 Å². The summed E-state index contributed by atoms with van der Waals surface area (Å²) >= 11 is 5.80. The molecule has 2 heterocycles. The first-order chi connectivity index (χ1) is 8.46. The van der Waals surface area contributed by atoms with Gasteiger partial charge in [-0.1, -0.05) is 31.2 Å². The predicted molar refractivity (Wildman–Crippen MR) is 76.6 cm³/mol. The summed E-state index contributed by atoms with van der Waals surface area (Å²) in [6.07, 6.45) is 3.48. The Hall–Kier alpha value is -0.913. The number of halogens is 1. The lowest BCUT2D eigenvalue weighted by Gasteiger charge is -2.15. The van der Waals surface area contributed by atoms with E-state index in [9.17, 15) is 0 Å². The molecule has 0 atom stereocenters. The summed E-state index contributed by atoms with van der Waals surface area (Å²) in [5.74, 6) is 0. The van der Waals surface area contributed by atoms with E-state index in [0.717, 1.165) is 17.8 Å². The second-order valence-corrected chi connectivity index (χ2v) is 11.5. The highest BCUT2D eigenvalue weighted by Gasteiger charge is 2.12. The average Bonchev–Trinajstić information content (AvgIpc) is 2.65. The van der Waals surface area contributed by atoms with Crippen LogP contribution in [-0.2, 0) is 11.5 Å². The van der Waals surface area contributed by atoms with Gasteiger partial charge in [0.15, 0.2) is 5.65 Å². The van der Waals surface area contributed by atoms with E-state index in [1.807, 2.05) is 16.8 Å². The minimum atomic E-state index is -1.02. The van der Waals surface area contributed by atoms with Crippen molar-refractivity contribution in [3.8, 4) is 0 Å². The van der Waals surface area contributed by atoms with Gasteiger partial charge in [0.2, 0.25) is 0 Å².